The number of carbonyl (C=O) groups excluding carboxylic acids is 2. The third-order valence-corrected chi connectivity index (χ3v) is 3.81. The molecule has 1 aliphatic rings. The second-order valence-electron chi connectivity index (χ2n) is 5.48. The van der Waals surface area contributed by atoms with Crippen molar-refractivity contribution in [1.82, 2.24) is 20.4 Å². The lowest BCUT2D eigenvalue weighted by Crippen LogP contribution is -2.50. The number of hydrogen-bond acceptors (Lipinski definition) is 6. The molecule has 3 rings (SSSR count). The van der Waals surface area contributed by atoms with Gasteiger partial charge in [0.15, 0.2) is 0 Å². The van der Waals surface area contributed by atoms with Crippen LogP contribution in [0.25, 0.3) is 11.1 Å². The minimum absolute atomic E-state index is 0.114. The van der Waals surface area contributed by atoms with Crippen LogP contribution in [-0.4, -0.2) is 59.2 Å². The molecular weight excluding hydrogens is 300 g/mol. The molecule has 0 aliphatic carbocycles. The highest BCUT2D eigenvalue weighted by atomic mass is 16.5. The number of ether oxygens (including phenoxy) is 1. The lowest BCUT2D eigenvalue weighted by atomic mass is 10.2. The van der Waals surface area contributed by atoms with Gasteiger partial charge in [-0.3, -0.25) is 9.59 Å². The number of rotatable bonds is 3. The van der Waals surface area contributed by atoms with Gasteiger partial charge in [0.1, 0.15) is 6.04 Å². The number of pyridine rings is 1. The van der Waals surface area contributed by atoms with Gasteiger partial charge in [-0.15, -0.1) is 0 Å². The molecule has 1 fully saturated rings. The largest absolute Gasteiger partial charge is 0.378 e. The summed E-state index contributed by atoms with van der Waals surface area (Å²) in [5.41, 5.74) is 1.42. The fraction of sp³-hybridized carbons (Fsp3) is 0.467. The maximum atomic E-state index is 12.3. The average molecular weight is 318 g/mol. The summed E-state index contributed by atoms with van der Waals surface area (Å²) in [7, 11) is 0. The Kier molecular flexibility index (Phi) is 4.24. The summed E-state index contributed by atoms with van der Waals surface area (Å²) in [4.78, 5) is 30.4. The second kappa shape index (κ2) is 6.33. The third-order valence-electron chi connectivity index (χ3n) is 3.81. The Labute approximate surface area is 132 Å². The minimum atomic E-state index is -0.611. The predicted molar refractivity (Wildman–Crippen MR) is 80.9 cm³/mol. The molecule has 1 unspecified atom stereocenters. The van der Waals surface area contributed by atoms with Gasteiger partial charge in [0.05, 0.1) is 29.9 Å². The van der Waals surface area contributed by atoms with Gasteiger partial charge in [-0.2, -0.15) is 0 Å². The van der Waals surface area contributed by atoms with E-state index in [-0.39, 0.29) is 11.8 Å². The van der Waals surface area contributed by atoms with Crippen molar-refractivity contribution in [1.29, 1.82) is 0 Å². The summed E-state index contributed by atoms with van der Waals surface area (Å²) in [5.74, 6) is -0.467. The smallest absolute Gasteiger partial charge is 0.257 e. The molecule has 0 radical (unpaired) electrons. The van der Waals surface area contributed by atoms with E-state index in [1.54, 1.807) is 24.8 Å². The van der Waals surface area contributed by atoms with Crippen LogP contribution in [0.3, 0.4) is 0 Å². The number of hydrogen-bond donors (Lipinski definition) is 1. The van der Waals surface area contributed by atoms with Crippen LogP contribution in [0.4, 0.5) is 0 Å². The van der Waals surface area contributed by atoms with E-state index in [4.69, 9.17) is 9.26 Å². The summed E-state index contributed by atoms with van der Waals surface area (Å²) < 4.78 is 10.2. The number of amides is 2. The van der Waals surface area contributed by atoms with Crippen LogP contribution in [0.15, 0.2) is 16.8 Å². The second-order valence-corrected chi connectivity index (χ2v) is 5.48. The van der Waals surface area contributed by atoms with Crippen molar-refractivity contribution in [2.24, 2.45) is 0 Å². The van der Waals surface area contributed by atoms with Crippen LogP contribution in [0.2, 0.25) is 0 Å². The van der Waals surface area contributed by atoms with Crippen LogP contribution in [0, 0.1) is 6.92 Å². The topological polar surface area (TPSA) is 97.6 Å². The Balaban J connectivity index is 1.69. The molecule has 1 saturated heterocycles. The normalized spacial score (nSPS) is 16.3. The fourth-order valence-corrected chi connectivity index (χ4v) is 2.47. The molecule has 0 bridgehead atoms. The molecule has 2 aromatic rings. The lowest BCUT2D eigenvalue weighted by molar-refractivity contribution is -0.136. The number of nitrogens with one attached hydrogen (secondary N) is 1. The van der Waals surface area contributed by atoms with Gasteiger partial charge in [0, 0.05) is 19.3 Å². The molecular formula is C15H18N4O4. The van der Waals surface area contributed by atoms with E-state index in [1.807, 2.05) is 0 Å². The first kappa shape index (κ1) is 15.4. The zero-order valence-electron chi connectivity index (χ0n) is 13.0. The fourth-order valence-electron chi connectivity index (χ4n) is 2.47. The SMILES string of the molecule is Cc1noc2ncc(C(=O)NC(C)C(=O)N3CCOCC3)cc12. The summed E-state index contributed by atoms with van der Waals surface area (Å²) >= 11 is 0. The molecule has 2 aromatic heterocycles. The summed E-state index contributed by atoms with van der Waals surface area (Å²) in [6.45, 7) is 5.60. The van der Waals surface area contributed by atoms with E-state index in [0.717, 1.165) is 0 Å². The van der Waals surface area contributed by atoms with Crippen molar-refractivity contribution in [2.45, 2.75) is 19.9 Å². The van der Waals surface area contributed by atoms with Crippen LogP contribution in [0.5, 0.6) is 0 Å². The number of nitrogens with zero attached hydrogens (tertiary/aromatic N) is 3. The van der Waals surface area contributed by atoms with Crippen molar-refractivity contribution in [3.63, 3.8) is 0 Å². The molecule has 3 heterocycles. The molecule has 0 saturated carbocycles. The Morgan fingerprint density at radius 3 is 2.83 bits per heavy atom. The first-order valence-corrected chi connectivity index (χ1v) is 7.45. The highest BCUT2D eigenvalue weighted by Crippen LogP contribution is 2.16. The van der Waals surface area contributed by atoms with Crippen molar-refractivity contribution >= 4 is 22.9 Å². The Bertz CT molecular complexity index is 736. The van der Waals surface area contributed by atoms with Gasteiger partial charge >= 0.3 is 0 Å². The summed E-state index contributed by atoms with van der Waals surface area (Å²) in [5, 5.41) is 7.20. The van der Waals surface area contributed by atoms with Gasteiger partial charge in [-0.05, 0) is 19.9 Å². The molecule has 2 amide bonds. The zero-order chi connectivity index (χ0) is 16.4. The highest BCUT2D eigenvalue weighted by Gasteiger charge is 2.24. The molecule has 0 spiro atoms. The summed E-state index contributed by atoms with van der Waals surface area (Å²) in [6, 6.07) is 1.05. The molecule has 1 N–H and O–H groups in total. The Morgan fingerprint density at radius 2 is 2.09 bits per heavy atom. The van der Waals surface area contributed by atoms with E-state index < -0.39 is 6.04 Å². The van der Waals surface area contributed by atoms with Gasteiger partial charge in [0.2, 0.25) is 5.91 Å². The van der Waals surface area contributed by atoms with Crippen molar-refractivity contribution in [3.05, 3.63) is 23.5 Å². The van der Waals surface area contributed by atoms with E-state index in [2.05, 4.69) is 15.5 Å². The molecule has 8 heteroatoms. The van der Waals surface area contributed by atoms with Crippen LogP contribution >= 0.6 is 0 Å². The molecule has 23 heavy (non-hydrogen) atoms. The van der Waals surface area contributed by atoms with E-state index in [1.165, 1.54) is 6.20 Å². The van der Waals surface area contributed by atoms with Crippen molar-refractivity contribution in [3.8, 4) is 0 Å². The number of carbonyl (C=O) groups is 2. The molecule has 0 aromatic carbocycles. The molecule has 1 atom stereocenters. The number of aromatic nitrogens is 2. The molecule has 8 nitrogen and oxygen atoms in total. The van der Waals surface area contributed by atoms with Crippen LogP contribution in [0.1, 0.15) is 23.0 Å². The highest BCUT2D eigenvalue weighted by molar-refractivity contribution is 5.99. The zero-order valence-corrected chi connectivity index (χ0v) is 13.0. The maximum Gasteiger partial charge on any atom is 0.257 e. The van der Waals surface area contributed by atoms with E-state index >= 15 is 0 Å². The number of fused-ring (bicyclic) bond motifs is 1. The Hall–Kier alpha value is -2.48. The number of morpholine rings is 1. The van der Waals surface area contributed by atoms with Gasteiger partial charge in [0.25, 0.3) is 11.6 Å². The molecule has 1 aliphatic heterocycles. The Morgan fingerprint density at radius 1 is 1.35 bits per heavy atom. The molecule has 122 valence electrons. The third kappa shape index (κ3) is 3.16. The minimum Gasteiger partial charge on any atom is -0.378 e. The van der Waals surface area contributed by atoms with E-state index in [9.17, 15) is 9.59 Å². The lowest BCUT2D eigenvalue weighted by Gasteiger charge is -2.29. The van der Waals surface area contributed by atoms with Gasteiger partial charge in [-0.1, -0.05) is 5.16 Å². The summed E-state index contributed by atoms with van der Waals surface area (Å²) in [6.07, 6.45) is 1.41. The van der Waals surface area contributed by atoms with Gasteiger partial charge < -0.3 is 19.5 Å². The monoisotopic (exact) mass is 318 g/mol. The first-order chi connectivity index (χ1) is 11.1. The average Bonchev–Trinajstić information content (AvgIpc) is 2.95. The maximum absolute atomic E-state index is 12.3. The first-order valence-electron chi connectivity index (χ1n) is 7.45. The van der Waals surface area contributed by atoms with Crippen molar-refractivity contribution in [2.75, 3.05) is 26.3 Å². The van der Waals surface area contributed by atoms with Crippen LogP contribution in [-0.2, 0) is 9.53 Å². The van der Waals surface area contributed by atoms with Gasteiger partial charge in [-0.25, -0.2) is 4.98 Å². The van der Waals surface area contributed by atoms with Crippen molar-refractivity contribution < 1.29 is 18.8 Å². The van der Waals surface area contributed by atoms with E-state index in [0.29, 0.717) is 48.7 Å². The number of aryl methyl sites for hydroxylation is 1. The predicted octanol–water partition coefficient (Wildman–Crippen LogP) is 0.508. The van der Waals surface area contributed by atoms with Crippen LogP contribution < -0.4 is 5.32 Å². The quantitative estimate of drug-likeness (QED) is 0.885. The standard InChI is InChI=1S/C15H18N4O4/c1-9-12-7-11(8-16-14(12)23-18-9)13(20)17-10(2)15(21)19-3-5-22-6-4-19/h7-8,10H,3-6H2,1-2H3,(H,17,20).